The summed E-state index contributed by atoms with van der Waals surface area (Å²) in [6, 6.07) is 5.92. The maximum atomic E-state index is 12.9. The minimum Gasteiger partial charge on any atom is -0.462 e. The normalized spacial score (nSPS) is 12.1. The molecule has 1 aromatic rings. The van der Waals surface area contributed by atoms with Crippen molar-refractivity contribution in [2.75, 3.05) is 18.6 Å². The molecule has 4 nitrogen and oxygen atoms in total. The first kappa shape index (κ1) is 18.5. The minimum absolute atomic E-state index is 0.0841. The third-order valence-corrected chi connectivity index (χ3v) is 4.03. The third-order valence-electron chi connectivity index (χ3n) is 3.14. The average Bonchev–Trinajstić information content (AvgIpc) is 2.45. The van der Waals surface area contributed by atoms with Crippen molar-refractivity contribution in [3.8, 4) is 0 Å². The lowest BCUT2D eigenvalue weighted by atomic mass is 10.1. The Morgan fingerprint density at radius 2 is 1.77 bits per heavy atom. The molecule has 0 radical (unpaired) electrons. The molecule has 0 N–H and O–H groups in total. The van der Waals surface area contributed by atoms with Crippen LogP contribution in [0.5, 0.6) is 0 Å². The Kier molecular flexibility index (Phi) is 7.38. The highest BCUT2D eigenvalue weighted by molar-refractivity contribution is 8.00. The largest absolute Gasteiger partial charge is 0.462 e. The second kappa shape index (κ2) is 8.78. The van der Waals surface area contributed by atoms with E-state index in [-0.39, 0.29) is 41.3 Å². The van der Waals surface area contributed by atoms with Crippen molar-refractivity contribution >= 4 is 23.6 Å². The number of halogens is 1. The minimum atomic E-state index is -0.318. The van der Waals surface area contributed by atoms with Gasteiger partial charge in [-0.3, -0.25) is 9.59 Å². The van der Waals surface area contributed by atoms with E-state index < -0.39 is 0 Å². The van der Waals surface area contributed by atoms with Crippen LogP contribution in [0.15, 0.2) is 24.3 Å². The van der Waals surface area contributed by atoms with E-state index >= 15 is 0 Å². The maximum Gasteiger partial charge on any atom is 0.316 e. The van der Waals surface area contributed by atoms with E-state index in [0.29, 0.717) is 0 Å². The van der Waals surface area contributed by atoms with Gasteiger partial charge in [-0.15, -0.1) is 11.8 Å². The Balaban J connectivity index is 2.44. The second-order valence-electron chi connectivity index (χ2n) is 5.26. The summed E-state index contributed by atoms with van der Waals surface area (Å²) < 4.78 is 17.9. The Morgan fingerprint density at radius 1 is 1.18 bits per heavy atom. The molecular formula is C16H22FNO3S. The molecule has 6 heteroatoms. The Hall–Kier alpha value is -1.56. The lowest BCUT2D eigenvalue weighted by Crippen LogP contribution is -2.31. The Labute approximate surface area is 135 Å². The van der Waals surface area contributed by atoms with Gasteiger partial charge >= 0.3 is 5.97 Å². The number of ether oxygens (including phenoxy) is 1. The monoisotopic (exact) mass is 327 g/mol. The number of benzene rings is 1. The third kappa shape index (κ3) is 6.05. The quantitative estimate of drug-likeness (QED) is 0.722. The van der Waals surface area contributed by atoms with Crippen molar-refractivity contribution < 1.29 is 18.7 Å². The van der Waals surface area contributed by atoms with E-state index in [4.69, 9.17) is 4.74 Å². The predicted octanol–water partition coefficient (Wildman–Crippen LogP) is 3.03. The summed E-state index contributed by atoms with van der Waals surface area (Å²) in [4.78, 5) is 25.1. The molecule has 0 saturated heterocycles. The van der Waals surface area contributed by atoms with E-state index in [2.05, 4.69) is 0 Å². The van der Waals surface area contributed by atoms with Crippen LogP contribution in [-0.4, -0.2) is 41.4 Å². The first-order valence-electron chi connectivity index (χ1n) is 7.09. The van der Waals surface area contributed by atoms with Gasteiger partial charge in [0.25, 0.3) is 0 Å². The van der Waals surface area contributed by atoms with Crippen LogP contribution in [0.2, 0.25) is 0 Å². The average molecular weight is 327 g/mol. The molecule has 0 heterocycles. The van der Waals surface area contributed by atoms with E-state index in [1.807, 2.05) is 6.92 Å². The standard InChI is InChI=1S/C16H22FNO3S/c1-11(2)21-16(20)10-22-9-15(19)18(4)12(3)13-5-7-14(17)8-6-13/h5-8,11-12H,9-10H2,1-4H3. The van der Waals surface area contributed by atoms with Crippen LogP contribution in [0.25, 0.3) is 0 Å². The van der Waals surface area contributed by atoms with Gasteiger partial charge in [0.2, 0.25) is 5.91 Å². The fourth-order valence-electron chi connectivity index (χ4n) is 1.80. The smallest absolute Gasteiger partial charge is 0.316 e. The fraction of sp³-hybridized carbons (Fsp3) is 0.500. The van der Waals surface area contributed by atoms with Crippen molar-refractivity contribution in [1.82, 2.24) is 4.90 Å². The molecule has 0 aromatic heterocycles. The number of rotatable bonds is 7. The number of amides is 1. The molecule has 0 fully saturated rings. The molecule has 0 bridgehead atoms. The van der Waals surface area contributed by atoms with Gasteiger partial charge in [0.15, 0.2) is 0 Å². The zero-order chi connectivity index (χ0) is 16.7. The highest BCUT2D eigenvalue weighted by Crippen LogP contribution is 2.20. The van der Waals surface area contributed by atoms with Crippen LogP contribution in [0.4, 0.5) is 4.39 Å². The first-order chi connectivity index (χ1) is 10.3. The SMILES string of the molecule is CC(C)OC(=O)CSCC(=O)N(C)C(C)c1ccc(F)cc1. The molecular weight excluding hydrogens is 305 g/mol. The molecule has 1 rings (SSSR count). The van der Waals surface area contributed by atoms with Crippen LogP contribution >= 0.6 is 11.8 Å². The van der Waals surface area contributed by atoms with E-state index in [0.717, 1.165) is 5.56 Å². The van der Waals surface area contributed by atoms with Gasteiger partial charge < -0.3 is 9.64 Å². The lowest BCUT2D eigenvalue weighted by molar-refractivity contribution is -0.144. The number of thioether (sulfide) groups is 1. The second-order valence-corrected chi connectivity index (χ2v) is 6.25. The number of hydrogen-bond donors (Lipinski definition) is 0. The highest BCUT2D eigenvalue weighted by Gasteiger charge is 2.18. The van der Waals surface area contributed by atoms with Crippen LogP contribution in [0.3, 0.4) is 0 Å². The summed E-state index contributed by atoms with van der Waals surface area (Å²) in [6.07, 6.45) is -0.148. The van der Waals surface area contributed by atoms with Crippen molar-refractivity contribution in [1.29, 1.82) is 0 Å². The molecule has 1 atom stereocenters. The molecule has 0 aliphatic heterocycles. The van der Waals surface area contributed by atoms with Gasteiger partial charge in [-0.2, -0.15) is 0 Å². The summed E-state index contributed by atoms with van der Waals surface area (Å²) in [5, 5.41) is 0. The molecule has 0 spiro atoms. The van der Waals surface area contributed by atoms with Crippen molar-refractivity contribution in [3.63, 3.8) is 0 Å². The van der Waals surface area contributed by atoms with Crippen molar-refractivity contribution in [3.05, 3.63) is 35.6 Å². The summed E-state index contributed by atoms with van der Waals surface area (Å²) in [6.45, 7) is 5.45. The first-order valence-corrected chi connectivity index (χ1v) is 8.25. The number of carbonyl (C=O) groups is 2. The molecule has 0 aliphatic rings. The number of esters is 1. The van der Waals surface area contributed by atoms with E-state index in [1.165, 1.54) is 23.9 Å². The summed E-state index contributed by atoms with van der Waals surface area (Å²) in [7, 11) is 1.70. The topological polar surface area (TPSA) is 46.6 Å². The van der Waals surface area contributed by atoms with Gasteiger partial charge in [0, 0.05) is 7.05 Å². The zero-order valence-electron chi connectivity index (χ0n) is 13.3. The van der Waals surface area contributed by atoms with Gasteiger partial charge in [0.05, 0.1) is 23.7 Å². The molecule has 0 saturated carbocycles. The molecule has 122 valence electrons. The number of carbonyl (C=O) groups excluding carboxylic acids is 2. The van der Waals surface area contributed by atoms with Crippen LogP contribution in [0.1, 0.15) is 32.4 Å². The molecule has 22 heavy (non-hydrogen) atoms. The number of nitrogens with zero attached hydrogens (tertiary/aromatic N) is 1. The van der Waals surface area contributed by atoms with Gasteiger partial charge in [-0.25, -0.2) is 4.39 Å². The van der Waals surface area contributed by atoms with Crippen LogP contribution in [-0.2, 0) is 14.3 Å². The predicted molar refractivity (Wildman–Crippen MR) is 86.1 cm³/mol. The summed E-state index contributed by atoms with van der Waals surface area (Å²) in [5.41, 5.74) is 0.862. The van der Waals surface area contributed by atoms with Crippen molar-refractivity contribution in [2.45, 2.75) is 32.9 Å². The van der Waals surface area contributed by atoms with Gasteiger partial charge in [-0.1, -0.05) is 12.1 Å². The van der Waals surface area contributed by atoms with Crippen LogP contribution in [0, 0.1) is 5.82 Å². The highest BCUT2D eigenvalue weighted by atomic mass is 32.2. The van der Waals surface area contributed by atoms with E-state index in [1.54, 1.807) is 37.9 Å². The van der Waals surface area contributed by atoms with Gasteiger partial charge in [-0.05, 0) is 38.5 Å². The molecule has 0 aliphatic carbocycles. The fourth-order valence-corrected chi connectivity index (χ4v) is 2.52. The van der Waals surface area contributed by atoms with Gasteiger partial charge in [0.1, 0.15) is 5.82 Å². The summed E-state index contributed by atoms with van der Waals surface area (Å²) in [5.74, 6) is -0.344. The van der Waals surface area contributed by atoms with Crippen LogP contribution < -0.4 is 0 Å². The lowest BCUT2D eigenvalue weighted by Gasteiger charge is -2.25. The molecule has 1 amide bonds. The number of hydrogen-bond acceptors (Lipinski definition) is 4. The summed E-state index contributed by atoms with van der Waals surface area (Å²) >= 11 is 1.23. The Morgan fingerprint density at radius 3 is 2.32 bits per heavy atom. The molecule has 1 unspecified atom stereocenters. The Bertz CT molecular complexity index is 505. The maximum absolute atomic E-state index is 12.9. The van der Waals surface area contributed by atoms with Crippen molar-refractivity contribution in [2.24, 2.45) is 0 Å². The zero-order valence-corrected chi connectivity index (χ0v) is 14.2. The van der Waals surface area contributed by atoms with E-state index in [9.17, 15) is 14.0 Å². The molecule has 1 aromatic carbocycles.